The van der Waals surface area contributed by atoms with E-state index in [1.807, 2.05) is 18.2 Å². The van der Waals surface area contributed by atoms with Gasteiger partial charge in [0.25, 0.3) is 0 Å². The molecule has 2 aromatic rings. The highest BCUT2D eigenvalue weighted by molar-refractivity contribution is 6.31. The average molecular weight is 292 g/mol. The highest BCUT2D eigenvalue weighted by Gasteiger charge is 2.23. The lowest BCUT2D eigenvalue weighted by molar-refractivity contribution is 0.182. The van der Waals surface area contributed by atoms with E-state index in [2.05, 4.69) is 0 Å². The van der Waals surface area contributed by atoms with E-state index in [1.165, 1.54) is 0 Å². The van der Waals surface area contributed by atoms with Crippen molar-refractivity contribution >= 4 is 11.6 Å². The number of halogens is 2. The molecule has 3 rings (SSSR count). The molecule has 1 aliphatic heterocycles. The molecule has 0 aliphatic carbocycles. The molecule has 0 spiro atoms. The van der Waals surface area contributed by atoms with Crippen LogP contribution in [0, 0.1) is 5.82 Å². The Morgan fingerprint density at radius 2 is 1.95 bits per heavy atom. The number of para-hydroxylation sites is 1. The third kappa shape index (κ3) is 2.28. The predicted octanol–water partition coefficient (Wildman–Crippen LogP) is 3.80. The molecule has 1 atom stereocenters. The number of ether oxygens (including phenoxy) is 1. The van der Waals surface area contributed by atoms with Gasteiger partial charge in [-0.15, -0.1) is 0 Å². The first-order chi connectivity index (χ1) is 9.70. The summed E-state index contributed by atoms with van der Waals surface area (Å²) in [5.74, 6) is 0.316. The van der Waals surface area contributed by atoms with Crippen molar-refractivity contribution in [3.05, 3.63) is 52.8 Å². The zero-order chi connectivity index (χ0) is 14.1. The second-order valence-corrected chi connectivity index (χ2v) is 5.32. The Balaban J connectivity index is 2.13. The van der Waals surface area contributed by atoms with Crippen LogP contribution in [0.25, 0.3) is 11.1 Å². The number of benzene rings is 2. The van der Waals surface area contributed by atoms with Crippen LogP contribution in [0.1, 0.15) is 12.0 Å². The minimum Gasteiger partial charge on any atom is -0.488 e. The Labute approximate surface area is 122 Å². The molecule has 0 radical (unpaired) electrons. The van der Waals surface area contributed by atoms with Crippen molar-refractivity contribution in [2.45, 2.75) is 18.9 Å². The van der Waals surface area contributed by atoms with Gasteiger partial charge >= 0.3 is 0 Å². The molecule has 0 aromatic heterocycles. The highest BCUT2D eigenvalue weighted by atomic mass is 35.5. The molecule has 2 aromatic carbocycles. The Kier molecular flexibility index (Phi) is 3.64. The topological polar surface area (TPSA) is 35.2 Å². The number of fused-ring (bicyclic) bond motifs is 1. The standard InChI is InChI=1S/C16H15ClFNO/c17-14-6-2-4-12(15(14)18)13-5-1-3-10-7-8-11(9-19)20-16(10)13/h1-6,11H,7-9,19H2/t11-/m1/s1. The van der Waals surface area contributed by atoms with Gasteiger partial charge in [-0.3, -0.25) is 0 Å². The third-order valence-electron chi connectivity index (χ3n) is 3.62. The third-order valence-corrected chi connectivity index (χ3v) is 3.91. The Morgan fingerprint density at radius 1 is 1.20 bits per heavy atom. The van der Waals surface area contributed by atoms with E-state index in [9.17, 15) is 4.39 Å². The van der Waals surface area contributed by atoms with Crippen LogP contribution < -0.4 is 10.5 Å². The molecular weight excluding hydrogens is 277 g/mol. The second kappa shape index (κ2) is 5.43. The number of hydrogen-bond donors (Lipinski definition) is 1. The number of rotatable bonds is 2. The number of aryl methyl sites for hydroxylation is 1. The van der Waals surface area contributed by atoms with Crippen molar-refractivity contribution < 1.29 is 9.13 Å². The van der Waals surface area contributed by atoms with Crippen LogP contribution in [0.4, 0.5) is 4.39 Å². The van der Waals surface area contributed by atoms with Crippen LogP contribution in [0.5, 0.6) is 5.75 Å². The van der Waals surface area contributed by atoms with Crippen molar-refractivity contribution in [3.8, 4) is 16.9 Å². The molecule has 20 heavy (non-hydrogen) atoms. The SMILES string of the molecule is NC[C@H]1CCc2cccc(-c3cccc(Cl)c3F)c2O1. The van der Waals surface area contributed by atoms with Crippen molar-refractivity contribution in [1.82, 2.24) is 0 Å². The van der Waals surface area contributed by atoms with E-state index >= 15 is 0 Å². The van der Waals surface area contributed by atoms with E-state index in [0.29, 0.717) is 12.1 Å². The zero-order valence-corrected chi connectivity index (χ0v) is 11.7. The summed E-state index contributed by atoms with van der Waals surface area (Å²) in [4.78, 5) is 0. The summed E-state index contributed by atoms with van der Waals surface area (Å²) in [7, 11) is 0. The van der Waals surface area contributed by atoms with Crippen molar-refractivity contribution in [1.29, 1.82) is 0 Å². The molecule has 104 valence electrons. The van der Waals surface area contributed by atoms with Crippen LogP contribution >= 0.6 is 11.6 Å². The molecule has 0 bridgehead atoms. The second-order valence-electron chi connectivity index (χ2n) is 4.91. The summed E-state index contributed by atoms with van der Waals surface area (Å²) in [5.41, 5.74) is 7.97. The smallest absolute Gasteiger partial charge is 0.149 e. The van der Waals surface area contributed by atoms with Crippen LogP contribution in [-0.4, -0.2) is 12.6 Å². The van der Waals surface area contributed by atoms with Crippen molar-refractivity contribution in [3.63, 3.8) is 0 Å². The zero-order valence-electron chi connectivity index (χ0n) is 10.9. The molecule has 0 saturated carbocycles. The van der Waals surface area contributed by atoms with Gasteiger partial charge in [-0.1, -0.05) is 41.9 Å². The van der Waals surface area contributed by atoms with Gasteiger partial charge in [0.1, 0.15) is 17.7 Å². The van der Waals surface area contributed by atoms with Crippen molar-refractivity contribution in [2.75, 3.05) is 6.54 Å². The molecule has 1 heterocycles. The van der Waals surface area contributed by atoms with Crippen LogP contribution in [0.15, 0.2) is 36.4 Å². The molecule has 0 amide bonds. The minimum atomic E-state index is -0.416. The van der Waals surface area contributed by atoms with E-state index in [1.54, 1.807) is 18.2 Å². The fraction of sp³-hybridized carbons (Fsp3) is 0.250. The van der Waals surface area contributed by atoms with E-state index in [0.717, 1.165) is 29.7 Å². The summed E-state index contributed by atoms with van der Waals surface area (Å²) in [5, 5.41) is 0.117. The molecule has 4 heteroatoms. The maximum absolute atomic E-state index is 14.2. The Bertz CT molecular complexity index is 644. The summed E-state index contributed by atoms with van der Waals surface area (Å²) in [6.07, 6.45) is 1.78. The largest absolute Gasteiger partial charge is 0.488 e. The normalized spacial score (nSPS) is 17.4. The van der Waals surface area contributed by atoms with Gasteiger partial charge < -0.3 is 10.5 Å². The molecule has 0 fully saturated rings. The summed E-state index contributed by atoms with van der Waals surface area (Å²) in [6.45, 7) is 0.464. The summed E-state index contributed by atoms with van der Waals surface area (Å²) < 4.78 is 20.2. The van der Waals surface area contributed by atoms with Crippen LogP contribution in [0.2, 0.25) is 5.02 Å². The molecule has 0 saturated heterocycles. The van der Waals surface area contributed by atoms with Crippen molar-refractivity contribution in [2.24, 2.45) is 5.73 Å². The summed E-state index contributed by atoms with van der Waals surface area (Å²) in [6, 6.07) is 10.8. The number of hydrogen-bond acceptors (Lipinski definition) is 2. The minimum absolute atomic E-state index is 0.00843. The monoisotopic (exact) mass is 291 g/mol. The van der Waals surface area contributed by atoms with Gasteiger partial charge in [0.15, 0.2) is 0 Å². The van der Waals surface area contributed by atoms with E-state index in [-0.39, 0.29) is 11.1 Å². The predicted molar refractivity (Wildman–Crippen MR) is 78.6 cm³/mol. The van der Waals surface area contributed by atoms with E-state index < -0.39 is 5.82 Å². The lowest BCUT2D eigenvalue weighted by Gasteiger charge is -2.27. The first-order valence-corrected chi connectivity index (χ1v) is 7.01. The van der Waals surface area contributed by atoms with Gasteiger partial charge in [0.2, 0.25) is 0 Å². The van der Waals surface area contributed by atoms with Gasteiger partial charge in [-0.25, -0.2) is 4.39 Å². The fourth-order valence-electron chi connectivity index (χ4n) is 2.55. The van der Waals surface area contributed by atoms with Crippen LogP contribution in [-0.2, 0) is 6.42 Å². The summed E-state index contributed by atoms with van der Waals surface area (Å²) >= 11 is 5.87. The first kappa shape index (κ1) is 13.4. The maximum atomic E-state index is 14.2. The molecule has 2 nitrogen and oxygen atoms in total. The Hall–Kier alpha value is -1.58. The number of nitrogens with two attached hydrogens (primary N) is 1. The lowest BCUT2D eigenvalue weighted by Crippen LogP contribution is -2.30. The highest BCUT2D eigenvalue weighted by Crippen LogP contribution is 2.39. The first-order valence-electron chi connectivity index (χ1n) is 6.63. The molecule has 1 aliphatic rings. The molecular formula is C16H15ClFNO. The van der Waals surface area contributed by atoms with E-state index in [4.69, 9.17) is 22.1 Å². The van der Waals surface area contributed by atoms with Gasteiger partial charge in [-0.05, 0) is 24.5 Å². The van der Waals surface area contributed by atoms with Gasteiger partial charge in [0, 0.05) is 17.7 Å². The average Bonchev–Trinajstić information content (AvgIpc) is 2.49. The Morgan fingerprint density at radius 3 is 2.75 bits per heavy atom. The van der Waals surface area contributed by atoms with Gasteiger partial charge in [-0.2, -0.15) is 0 Å². The lowest BCUT2D eigenvalue weighted by atomic mass is 9.95. The molecule has 0 unspecified atom stereocenters. The maximum Gasteiger partial charge on any atom is 0.149 e. The van der Waals surface area contributed by atoms with Crippen LogP contribution in [0.3, 0.4) is 0 Å². The molecule has 2 N–H and O–H groups in total. The van der Waals surface area contributed by atoms with Gasteiger partial charge in [0.05, 0.1) is 5.02 Å². The quantitative estimate of drug-likeness (QED) is 0.913. The fourth-order valence-corrected chi connectivity index (χ4v) is 2.73.